The number of hydrogen-bond acceptors (Lipinski definition) is 2. The van der Waals surface area contributed by atoms with E-state index in [0.29, 0.717) is 10.7 Å². The minimum atomic E-state index is -0.437. The van der Waals surface area contributed by atoms with Crippen LogP contribution < -0.4 is 4.80 Å². The molecule has 0 fully saturated rings. The third-order valence-electron chi connectivity index (χ3n) is 3.77. The van der Waals surface area contributed by atoms with Gasteiger partial charge in [-0.1, -0.05) is 37.3 Å². The molecular weight excluding hydrogens is 311 g/mol. The summed E-state index contributed by atoms with van der Waals surface area (Å²) in [5, 5.41) is 0. The Labute approximate surface area is 137 Å². The summed E-state index contributed by atoms with van der Waals surface area (Å²) in [6, 6.07) is 11.9. The highest BCUT2D eigenvalue weighted by atomic mass is 32.1. The molecule has 0 saturated heterocycles. The van der Waals surface area contributed by atoms with Crippen LogP contribution in [0.3, 0.4) is 0 Å². The van der Waals surface area contributed by atoms with E-state index in [1.165, 1.54) is 35.1 Å². The number of carbonyl (C=O) groups is 1. The quantitative estimate of drug-likeness (QED) is 0.693. The van der Waals surface area contributed by atoms with E-state index in [0.717, 1.165) is 10.2 Å². The summed E-state index contributed by atoms with van der Waals surface area (Å²) in [5.41, 5.74) is 2.54. The molecule has 118 valence electrons. The second-order valence-electron chi connectivity index (χ2n) is 5.75. The molecule has 1 heterocycles. The lowest BCUT2D eigenvalue weighted by molar-refractivity contribution is 0.0997. The van der Waals surface area contributed by atoms with Crippen molar-refractivity contribution in [2.75, 3.05) is 0 Å². The molecule has 2 aromatic carbocycles. The normalized spacial score (nSPS) is 12.3. The van der Waals surface area contributed by atoms with Crippen LogP contribution in [0.1, 0.15) is 35.7 Å². The molecule has 0 spiro atoms. The lowest BCUT2D eigenvalue weighted by Crippen LogP contribution is -2.13. The SMILES string of the molecule is CC(C)c1ccc2c(c1)sc(=NC(=O)c1cccc(F)c1)n2C. The number of thiazole rings is 1. The molecule has 0 radical (unpaired) electrons. The third kappa shape index (κ3) is 3.10. The summed E-state index contributed by atoms with van der Waals surface area (Å²) >= 11 is 1.46. The zero-order valence-corrected chi connectivity index (χ0v) is 14.0. The first-order valence-electron chi connectivity index (χ1n) is 7.40. The zero-order chi connectivity index (χ0) is 16.6. The van der Waals surface area contributed by atoms with Gasteiger partial charge in [-0.3, -0.25) is 4.79 Å². The summed E-state index contributed by atoms with van der Waals surface area (Å²) in [4.78, 5) is 17.0. The molecule has 0 aliphatic heterocycles. The molecule has 0 saturated carbocycles. The first-order chi connectivity index (χ1) is 11.0. The van der Waals surface area contributed by atoms with Gasteiger partial charge in [-0.2, -0.15) is 4.99 Å². The van der Waals surface area contributed by atoms with Crippen molar-refractivity contribution < 1.29 is 9.18 Å². The molecule has 0 aliphatic rings. The van der Waals surface area contributed by atoms with Gasteiger partial charge in [-0.15, -0.1) is 0 Å². The van der Waals surface area contributed by atoms with E-state index in [1.54, 1.807) is 6.07 Å². The van der Waals surface area contributed by atoms with Crippen molar-refractivity contribution in [1.82, 2.24) is 4.57 Å². The highest BCUT2D eigenvalue weighted by molar-refractivity contribution is 7.16. The van der Waals surface area contributed by atoms with E-state index in [4.69, 9.17) is 0 Å². The standard InChI is InChI=1S/C18H17FN2OS/c1-11(2)12-7-8-15-16(10-12)23-18(21(15)3)20-17(22)13-5-4-6-14(19)9-13/h4-11H,1-3H3. The summed E-state index contributed by atoms with van der Waals surface area (Å²) in [5.74, 6) is -0.426. The Bertz CT molecular complexity index is 953. The number of amides is 1. The molecule has 0 N–H and O–H groups in total. The van der Waals surface area contributed by atoms with Gasteiger partial charge in [0, 0.05) is 12.6 Å². The first-order valence-corrected chi connectivity index (χ1v) is 8.21. The zero-order valence-electron chi connectivity index (χ0n) is 13.2. The predicted molar refractivity (Wildman–Crippen MR) is 91.2 cm³/mol. The van der Waals surface area contributed by atoms with Gasteiger partial charge in [-0.25, -0.2) is 4.39 Å². The number of benzene rings is 2. The van der Waals surface area contributed by atoms with Gasteiger partial charge < -0.3 is 4.57 Å². The second kappa shape index (κ2) is 6.08. The van der Waals surface area contributed by atoms with Gasteiger partial charge in [0.15, 0.2) is 4.80 Å². The average Bonchev–Trinajstić information content (AvgIpc) is 2.83. The Morgan fingerprint density at radius 2 is 2.00 bits per heavy atom. The number of halogens is 1. The molecule has 23 heavy (non-hydrogen) atoms. The lowest BCUT2D eigenvalue weighted by atomic mass is 10.0. The van der Waals surface area contributed by atoms with Crippen molar-refractivity contribution in [2.24, 2.45) is 12.0 Å². The Balaban J connectivity index is 2.08. The van der Waals surface area contributed by atoms with Gasteiger partial charge in [0.25, 0.3) is 5.91 Å². The molecule has 0 unspecified atom stereocenters. The van der Waals surface area contributed by atoms with Crippen LogP contribution >= 0.6 is 11.3 Å². The number of carbonyl (C=O) groups excluding carboxylic acids is 1. The van der Waals surface area contributed by atoms with Crippen LogP contribution in [-0.2, 0) is 7.05 Å². The maximum absolute atomic E-state index is 13.2. The fraction of sp³-hybridized carbons (Fsp3) is 0.222. The molecular formula is C18H17FN2OS. The summed E-state index contributed by atoms with van der Waals surface area (Å²) in [6.07, 6.45) is 0. The van der Waals surface area contributed by atoms with Crippen LogP contribution in [0.2, 0.25) is 0 Å². The number of aromatic nitrogens is 1. The van der Waals surface area contributed by atoms with Crippen LogP contribution in [0, 0.1) is 5.82 Å². The van der Waals surface area contributed by atoms with Crippen molar-refractivity contribution in [3.8, 4) is 0 Å². The second-order valence-corrected chi connectivity index (χ2v) is 6.76. The first kappa shape index (κ1) is 15.6. The Morgan fingerprint density at radius 1 is 1.22 bits per heavy atom. The Kier molecular flexibility index (Phi) is 4.13. The minimum absolute atomic E-state index is 0.255. The van der Waals surface area contributed by atoms with E-state index in [-0.39, 0.29) is 5.56 Å². The van der Waals surface area contributed by atoms with Crippen LogP contribution in [0.15, 0.2) is 47.5 Å². The van der Waals surface area contributed by atoms with Crippen LogP contribution in [-0.4, -0.2) is 10.5 Å². The minimum Gasteiger partial charge on any atom is -0.319 e. The van der Waals surface area contributed by atoms with Crippen molar-refractivity contribution in [2.45, 2.75) is 19.8 Å². The average molecular weight is 328 g/mol. The Hall–Kier alpha value is -2.27. The number of rotatable bonds is 2. The number of aryl methyl sites for hydroxylation is 1. The van der Waals surface area contributed by atoms with Crippen LogP contribution in [0.4, 0.5) is 4.39 Å². The summed E-state index contributed by atoms with van der Waals surface area (Å²) < 4.78 is 16.2. The molecule has 3 aromatic rings. The lowest BCUT2D eigenvalue weighted by Gasteiger charge is -2.04. The van der Waals surface area contributed by atoms with Gasteiger partial charge in [0.1, 0.15) is 5.82 Å². The number of fused-ring (bicyclic) bond motifs is 1. The molecule has 3 rings (SSSR count). The largest absolute Gasteiger partial charge is 0.319 e. The fourth-order valence-corrected chi connectivity index (χ4v) is 3.45. The number of nitrogens with zero attached hydrogens (tertiary/aromatic N) is 2. The van der Waals surface area contributed by atoms with Crippen molar-refractivity contribution in [1.29, 1.82) is 0 Å². The highest BCUT2D eigenvalue weighted by Gasteiger charge is 2.09. The molecule has 1 aromatic heterocycles. The van der Waals surface area contributed by atoms with E-state index >= 15 is 0 Å². The van der Waals surface area contributed by atoms with Crippen molar-refractivity contribution in [3.05, 3.63) is 64.2 Å². The van der Waals surface area contributed by atoms with Gasteiger partial charge >= 0.3 is 0 Å². The third-order valence-corrected chi connectivity index (χ3v) is 4.86. The van der Waals surface area contributed by atoms with Crippen LogP contribution in [0.5, 0.6) is 0 Å². The fourth-order valence-electron chi connectivity index (χ4n) is 2.39. The summed E-state index contributed by atoms with van der Waals surface area (Å²) in [7, 11) is 1.88. The highest BCUT2D eigenvalue weighted by Crippen LogP contribution is 2.23. The maximum atomic E-state index is 13.2. The topological polar surface area (TPSA) is 34.4 Å². The predicted octanol–water partition coefficient (Wildman–Crippen LogP) is 4.24. The molecule has 3 nitrogen and oxygen atoms in total. The molecule has 0 atom stereocenters. The van der Waals surface area contributed by atoms with Crippen LogP contribution in [0.25, 0.3) is 10.2 Å². The molecule has 0 bridgehead atoms. The van der Waals surface area contributed by atoms with Gasteiger partial charge in [-0.05, 0) is 41.8 Å². The van der Waals surface area contributed by atoms with Gasteiger partial charge in [0.05, 0.1) is 10.2 Å². The maximum Gasteiger partial charge on any atom is 0.279 e. The van der Waals surface area contributed by atoms with Crippen molar-refractivity contribution >= 4 is 27.5 Å². The molecule has 5 heteroatoms. The van der Waals surface area contributed by atoms with Crippen molar-refractivity contribution in [3.63, 3.8) is 0 Å². The smallest absolute Gasteiger partial charge is 0.279 e. The molecule has 1 amide bonds. The van der Waals surface area contributed by atoms with E-state index in [1.807, 2.05) is 17.7 Å². The van der Waals surface area contributed by atoms with E-state index < -0.39 is 11.7 Å². The van der Waals surface area contributed by atoms with E-state index in [9.17, 15) is 9.18 Å². The van der Waals surface area contributed by atoms with Gasteiger partial charge in [0.2, 0.25) is 0 Å². The number of hydrogen-bond donors (Lipinski definition) is 0. The summed E-state index contributed by atoms with van der Waals surface area (Å²) in [6.45, 7) is 4.29. The monoisotopic (exact) mass is 328 g/mol. The molecule has 0 aliphatic carbocycles. The van der Waals surface area contributed by atoms with E-state index in [2.05, 4.69) is 31.0 Å². The Morgan fingerprint density at radius 3 is 2.70 bits per heavy atom.